The molecule has 14 heavy (non-hydrogen) atoms. The van der Waals surface area contributed by atoms with Crippen molar-refractivity contribution in [2.45, 2.75) is 34.1 Å². The molecule has 0 aliphatic carbocycles. The van der Waals surface area contributed by atoms with Crippen molar-refractivity contribution < 1.29 is 9.09 Å². The molecule has 0 spiro atoms. The first-order chi connectivity index (χ1) is 6.60. The van der Waals surface area contributed by atoms with E-state index in [1.54, 1.807) is 0 Å². The summed E-state index contributed by atoms with van der Waals surface area (Å²) in [5, 5.41) is 0. The fourth-order valence-corrected chi connectivity index (χ4v) is 2.64. The zero-order valence-corrected chi connectivity index (χ0v) is 12.2. The Bertz CT molecular complexity index is 117. The van der Waals surface area contributed by atoms with E-state index < -0.39 is 7.26 Å². The molecule has 0 aromatic rings. The van der Waals surface area contributed by atoms with Crippen molar-refractivity contribution in [2.75, 3.05) is 31.8 Å². The summed E-state index contributed by atoms with van der Waals surface area (Å²) in [7, 11) is -0.876. The molecule has 0 unspecified atom stereocenters. The molecule has 0 N–H and O–H groups in total. The van der Waals surface area contributed by atoms with Crippen LogP contribution in [0.1, 0.15) is 34.1 Å². The molecule has 0 aliphatic heterocycles. The second-order valence-electron chi connectivity index (χ2n) is 3.78. The van der Waals surface area contributed by atoms with E-state index in [1.165, 1.54) is 18.5 Å². The third kappa shape index (κ3) is 10.6. The zero-order chi connectivity index (χ0) is 11.4. The van der Waals surface area contributed by atoms with Gasteiger partial charge in [0, 0.05) is 0 Å². The van der Waals surface area contributed by atoms with Crippen LogP contribution in [0.25, 0.3) is 0 Å². The van der Waals surface area contributed by atoms with Gasteiger partial charge in [-0.2, -0.15) is 0 Å². The van der Waals surface area contributed by atoms with Crippen LogP contribution in [-0.4, -0.2) is 31.8 Å². The predicted molar refractivity (Wildman–Crippen MR) is 69.7 cm³/mol. The Morgan fingerprint density at radius 2 is 1.50 bits per heavy atom. The number of hydrogen-bond donors (Lipinski definition) is 0. The Labute approximate surface area is 91.4 Å². The Morgan fingerprint density at radius 1 is 1.07 bits per heavy atom. The molecule has 0 heterocycles. The average molecular weight is 240 g/mol. The average Bonchev–Trinajstić information content (AvgIpc) is 2.26. The summed E-state index contributed by atoms with van der Waals surface area (Å²) in [4.78, 5) is 0. The van der Waals surface area contributed by atoms with E-state index in [0.717, 1.165) is 6.42 Å². The Morgan fingerprint density at radius 3 is 1.57 bits per heavy atom. The van der Waals surface area contributed by atoms with Crippen molar-refractivity contribution in [3.8, 4) is 0 Å². The first-order valence-electron chi connectivity index (χ1n) is 5.54. The van der Waals surface area contributed by atoms with Crippen LogP contribution in [0.5, 0.6) is 0 Å². The fraction of sp³-hybridized carbons (Fsp3) is 1.00. The molecule has 0 amide bonds. The van der Waals surface area contributed by atoms with Gasteiger partial charge in [-0.05, 0) is 6.42 Å². The maximum absolute atomic E-state index is 9.44. The van der Waals surface area contributed by atoms with E-state index in [1.807, 2.05) is 6.92 Å². The molecular weight excluding hydrogens is 214 g/mol. The van der Waals surface area contributed by atoms with Gasteiger partial charge in [0.15, 0.2) is 0 Å². The van der Waals surface area contributed by atoms with Gasteiger partial charge >= 0.3 is 61.9 Å². The number of hydrogen-bond acceptors (Lipinski definition) is 2. The van der Waals surface area contributed by atoms with Crippen molar-refractivity contribution in [1.29, 1.82) is 0 Å². The SMILES string of the molecule is CCCOP=O.CC[PH](C)(CC)CC. The van der Waals surface area contributed by atoms with Crippen LogP contribution >= 0.6 is 15.9 Å². The van der Waals surface area contributed by atoms with Crippen LogP contribution in [0.3, 0.4) is 0 Å². The summed E-state index contributed by atoms with van der Waals surface area (Å²) in [5.41, 5.74) is 0. The van der Waals surface area contributed by atoms with Gasteiger partial charge in [0.2, 0.25) is 0 Å². The fourth-order valence-electron chi connectivity index (χ4n) is 0.879. The standard InChI is InChI=1S/C7H19P.C3H7O2P/c1-5-8(4,6-2)7-3;1-2-3-5-6-4/h8H,5-7H2,1-4H3;2-3H2,1H3. The third-order valence-corrected chi connectivity index (χ3v) is 8.32. The monoisotopic (exact) mass is 240 g/mol. The quantitative estimate of drug-likeness (QED) is 0.517. The van der Waals surface area contributed by atoms with Crippen LogP contribution in [0.15, 0.2) is 0 Å². The van der Waals surface area contributed by atoms with Gasteiger partial charge in [-0.15, -0.1) is 0 Å². The molecule has 0 aliphatic rings. The van der Waals surface area contributed by atoms with Gasteiger partial charge in [-0.3, -0.25) is 4.52 Å². The van der Waals surface area contributed by atoms with Crippen molar-refractivity contribution in [3.63, 3.8) is 0 Å². The van der Waals surface area contributed by atoms with Crippen molar-refractivity contribution in [1.82, 2.24) is 0 Å². The Kier molecular flexibility index (Phi) is 14.0. The van der Waals surface area contributed by atoms with Crippen LogP contribution < -0.4 is 0 Å². The van der Waals surface area contributed by atoms with Crippen LogP contribution in [-0.2, 0) is 9.09 Å². The summed E-state index contributed by atoms with van der Waals surface area (Å²) in [5.74, 6) is 0. The van der Waals surface area contributed by atoms with Crippen molar-refractivity contribution in [3.05, 3.63) is 0 Å². The molecule has 88 valence electrons. The summed E-state index contributed by atoms with van der Waals surface area (Å²) < 4.78 is 13.8. The first-order valence-corrected chi connectivity index (χ1v) is 9.39. The summed E-state index contributed by atoms with van der Waals surface area (Å²) >= 11 is 0. The molecular formula is C10H26O2P2. The molecule has 0 aromatic carbocycles. The van der Waals surface area contributed by atoms with Gasteiger partial charge < -0.3 is 0 Å². The van der Waals surface area contributed by atoms with Crippen molar-refractivity contribution >= 4 is 15.9 Å². The Hall–Kier alpha value is 0.490. The summed E-state index contributed by atoms with van der Waals surface area (Å²) in [6.45, 7) is 12.0. The minimum atomic E-state index is -0.671. The molecule has 0 saturated heterocycles. The van der Waals surface area contributed by atoms with Gasteiger partial charge in [-0.25, -0.2) is 4.57 Å². The number of rotatable bonds is 6. The molecule has 0 bridgehead atoms. The molecule has 0 fully saturated rings. The van der Waals surface area contributed by atoms with Gasteiger partial charge in [0.1, 0.15) is 0 Å². The first kappa shape index (κ1) is 16.9. The topological polar surface area (TPSA) is 26.3 Å². The Balaban J connectivity index is 0. The maximum atomic E-state index is 9.44. The van der Waals surface area contributed by atoms with Crippen LogP contribution in [0, 0.1) is 0 Å². The van der Waals surface area contributed by atoms with Crippen molar-refractivity contribution in [2.24, 2.45) is 0 Å². The van der Waals surface area contributed by atoms with Gasteiger partial charge in [0.05, 0.1) is 6.61 Å². The predicted octanol–water partition coefficient (Wildman–Crippen LogP) is 4.05. The van der Waals surface area contributed by atoms with Gasteiger partial charge in [-0.1, -0.05) is 6.92 Å². The second kappa shape index (κ2) is 11.6. The second-order valence-corrected chi connectivity index (χ2v) is 9.93. The van der Waals surface area contributed by atoms with Crippen LogP contribution in [0.4, 0.5) is 0 Å². The van der Waals surface area contributed by atoms with Crippen LogP contribution in [0.2, 0.25) is 0 Å². The minimum absolute atomic E-state index is 0.205. The third-order valence-electron chi connectivity index (χ3n) is 2.91. The molecule has 4 heteroatoms. The molecule has 0 saturated carbocycles. The van der Waals surface area contributed by atoms with Gasteiger partial charge in [0.25, 0.3) is 0 Å². The molecule has 0 radical (unpaired) electrons. The molecule has 0 aromatic heterocycles. The van der Waals surface area contributed by atoms with E-state index in [4.69, 9.17) is 0 Å². The molecule has 0 atom stereocenters. The zero-order valence-electron chi connectivity index (χ0n) is 10.3. The van der Waals surface area contributed by atoms with E-state index in [0.29, 0.717) is 6.61 Å². The summed E-state index contributed by atoms with van der Waals surface area (Å²) in [6, 6.07) is 0. The molecule has 0 rings (SSSR count). The normalized spacial score (nSPS) is 12.1. The summed E-state index contributed by atoms with van der Waals surface area (Å²) in [6.07, 6.45) is 5.30. The van der Waals surface area contributed by atoms with E-state index in [9.17, 15) is 4.57 Å². The van der Waals surface area contributed by atoms with E-state index in [2.05, 4.69) is 32.0 Å². The van der Waals surface area contributed by atoms with E-state index >= 15 is 0 Å². The van der Waals surface area contributed by atoms with E-state index in [-0.39, 0.29) is 8.69 Å². The molecule has 2 nitrogen and oxygen atoms in total.